The van der Waals surface area contributed by atoms with Gasteiger partial charge in [0, 0.05) is 29.0 Å². The number of rotatable bonds is 3. The molecular weight excluding hydrogens is 290 g/mol. The quantitative estimate of drug-likeness (QED) is 0.477. The number of nitro benzene ring substituents is 1. The molecule has 0 amide bonds. The molecule has 0 aliphatic heterocycles. The summed E-state index contributed by atoms with van der Waals surface area (Å²) in [5.41, 5.74) is 3.22. The van der Waals surface area contributed by atoms with Crippen LogP contribution in [-0.4, -0.2) is 14.9 Å². The van der Waals surface area contributed by atoms with E-state index in [1.54, 1.807) is 6.07 Å². The predicted molar refractivity (Wildman–Crippen MR) is 82.7 cm³/mol. The normalized spacial score (nSPS) is 11.0. The molecule has 0 aliphatic carbocycles. The van der Waals surface area contributed by atoms with E-state index in [1.807, 2.05) is 27.7 Å². The largest absolute Gasteiger partial charge is 0.270 e. The second-order valence-corrected chi connectivity index (χ2v) is 5.61. The van der Waals surface area contributed by atoms with Crippen molar-refractivity contribution in [3.8, 4) is 11.4 Å². The summed E-state index contributed by atoms with van der Waals surface area (Å²) < 4.78 is 0. The summed E-state index contributed by atoms with van der Waals surface area (Å²) in [6, 6.07) is 4.64. The molecule has 0 fully saturated rings. The number of aryl methyl sites for hydroxylation is 2. The number of hydrogen-bond donors (Lipinski definition) is 0. The lowest BCUT2D eigenvalue weighted by atomic mass is 10.0. The van der Waals surface area contributed by atoms with Crippen LogP contribution in [0.25, 0.3) is 11.4 Å². The van der Waals surface area contributed by atoms with Crippen LogP contribution < -0.4 is 0 Å². The second kappa shape index (κ2) is 5.77. The smallest absolute Gasteiger partial charge is 0.258 e. The minimum atomic E-state index is -0.431. The van der Waals surface area contributed by atoms with Crippen molar-refractivity contribution in [3.05, 3.63) is 50.3 Å². The fourth-order valence-corrected chi connectivity index (χ4v) is 2.72. The molecule has 5 nitrogen and oxygen atoms in total. The fraction of sp³-hybridized carbons (Fsp3) is 0.333. The van der Waals surface area contributed by atoms with Gasteiger partial charge in [-0.25, -0.2) is 9.97 Å². The van der Waals surface area contributed by atoms with Gasteiger partial charge in [-0.1, -0.05) is 31.5 Å². The summed E-state index contributed by atoms with van der Waals surface area (Å²) in [5, 5.41) is 11.3. The molecule has 1 aromatic heterocycles. The summed E-state index contributed by atoms with van der Waals surface area (Å²) in [7, 11) is 0. The maximum Gasteiger partial charge on any atom is 0.270 e. The van der Waals surface area contributed by atoms with Crippen molar-refractivity contribution >= 4 is 17.3 Å². The van der Waals surface area contributed by atoms with Gasteiger partial charge in [-0.3, -0.25) is 10.1 Å². The molecule has 2 aromatic rings. The number of benzene rings is 1. The summed E-state index contributed by atoms with van der Waals surface area (Å²) in [5.74, 6) is 0.640. The van der Waals surface area contributed by atoms with Gasteiger partial charge >= 0.3 is 0 Å². The molecule has 0 saturated carbocycles. The molecule has 1 aromatic carbocycles. The third-order valence-electron chi connectivity index (χ3n) is 3.34. The molecule has 0 saturated heterocycles. The van der Waals surface area contributed by atoms with Crippen LogP contribution in [0.3, 0.4) is 0 Å². The first kappa shape index (κ1) is 15.4. The van der Waals surface area contributed by atoms with Gasteiger partial charge in [0.05, 0.1) is 4.92 Å². The first-order chi connectivity index (χ1) is 9.81. The lowest BCUT2D eigenvalue weighted by Gasteiger charge is -2.13. The lowest BCUT2D eigenvalue weighted by Crippen LogP contribution is -2.03. The highest BCUT2D eigenvalue weighted by molar-refractivity contribution is 6.30. The van der Waals surface area contributed by atoms with Crippen molar-refractivity contribution in [2.45, 2.75) is 33.6 Å². The fourth-order valence-electron chi connectivity index (χ4n) is 2.29. The van der Waals surface area contributed by atoms with Crippen molar-refractivity contribution in [1.29, 1.82) is 0 Å². The Labute approximate surface area is 128 Å². The van der Waals surface area contributed by atoms with E-state index in [1.165, 1.54) is 12.1 Å². The highest BCUT2D eigenvalue weighted by Gasteiger charge is 2.17. The predicted octanol–water partition coefficient (Wildman–Crippen LogP) is 4.45. The Kier molecular flexibility index (Phi) is 4.23. The summed E-state index contributed by atoms with van der Waals surface area (Å²) in [4.78, 5) is 19.3. The number of nitrogens with zero attached hydrogens (tertiary/aromatic N) is 3. The van der Waals surface area contributed by atoms with Gasteiger partial charge in [0.1, 0.15) is 5.15 Å². The standard InChI is InChI=1S/C15H16ClN3O2/c1-8(2)13-10(4)17-15(18-14(13)16)12-7-11(19(20)21)6-5-9(12)3/h5-8H,1-4H3. The molecule has 0 N–H and O–H groups in total. The number of non-ortho nitro benzene ring substituents is 1. The first-order valence-corrected chi connectivity index (χ1v) is 6.98. The van der Waals surface area contributed by atoms with E-state index in [2.05, 4.69) is 9.97 Å². The third-order valence-corrected chi connectivity index (χ3v) is 3.63. The Hall–Kier alpha value is -2.01. The number of aromatic nitrogens is 2. The maximum absolute atomic E-state index is 10.9. The van der Waals surface area contributed by atoms with Gasteiger partial charge in [0.2, 0.25) is 0 Å². The molecular formula is C15H16ClN3O2. The third kappa shape index (κ3) is 3.03. The van der Waals surface area contributed by atoms with E-state index >= 15 is 0 Å². The lowest BCUT2D eigenvalue weighted by molar-refractivity contribution is -0.384. The van der Waals surface area contributed by atoms with Crippen LogP contribution in [0.2, 0.25) is 5.15 Å². The summed E-state index contributed by atoms with van der Waals surface area (Å²) >= 11 is 6.25. The molecule has 110 valence electrons. The maximum atomic E-state index is 10.9. The van der Waals surface area contributed by atoms with Crippen LogP contribution >= 0.6 is 11.6 Å². The first-order valence-electron chi connectivity index (χ1n) is 6.60. The zero-order valence-corrected chi connectivity index (χ0v) is 13.1. The van der Waals surface area contributed by atoms with Crippen LogP contribution in [-0.2, 0) is 0 Å². The van der Waals surface area contributed by atoms with Gasteiger partial charge in [0.15, 0.2) is 5.82 Å². The monoisotopic (exact) mass is 305 g/mol. The number of halogens is 1. The van der Waals surface area contributed by atoms with E-state index in [9.17, 15) is 10.1 Å². The Morgan fingerprint density at radius 3 is 2.43 bits per heavy atom. The minimum Gasteiger partial charge on any atom is -0.258 e. The van der Waals surface area contributed by atoms with Crippen LogP contribution in [0.1, 0.15) is 36.6 Å². The molecule has 0 bridgehead atoms. The van der Waals surface area contributed by atoms with E-state index in [0.717, 1.165) is 16.8 Å². The van der Waals surface area contributed by atoms with Crippen molar-refractivity contribution in [3.63, 3.8) is 0 Å². The van der Waals surface area contributed by atoms with Crippen LogP contribution in [0.4, 0.5) is 5.69 Å². The Bertz CT molecular complexity index is 691. The van der Waals surface area contributed by atoms with Crippen LogP contribution in [0.5, 0.6) is 0 Å². The van der Waals surface area contributed by atoms with Gasteiger partial charge < -0.3 is 0 Å². The van der Waals surface area contributed by atoms with Gasteiger partial charge in [-0.15, -0.1) is 0 Å². The van der Waals surface area contributed by atoms with Gasteiger partial charge in [-0.05, 0) is 25.3 Å². The van der Waals surface area contributed by atoms with E-state index in [-0.39, 0.29) is 11.6 Å². The molecule has 0 atom stereocenters. The van der Waals surface area contributed by atoms with E-state index < -0.39 is 4.92 Å². The Morgan fingerprint density at radius 2 is 1.90 bits per heavy atom. The molecule has 0 aliphatic rings. The zero-order chi connectivity index (χ0) is 15.7. The molecule has 1 heterocycles. The van der Waals surface area contributed by atoms with Crippen molar-refractivity contribution in [2.75, 3.05) is 0 Å². The highest BCUT2D eigenvalue weighted by Crippen LogP contribution is 2.30. The molecule has 0 spiro atoms. The van der Waals surface area contributed by atoms with Gasteiger partial charge in [0.25, 0.3) is 5.69 Å². The highest BCUT2D eigenvalue weighted by atomic mass is 35.5. The van der Waals surface area contributed by atoms with Gasteiger partial charge in [-0.2, -0.15) is 0 Å². The molecule has 6 heteroatoms. The topological polar surface area (TPSA) is 68.9 Å². The number of hydrogen-bond acceptors (Lipinski definition) is 4. The second-order valence-electron chi connectivity index (χ2n) is 5.25. The number of nitro groups is 1. The van der Waals surface area contributed by atoms with Crippen molar-refractivity contribution in [1.82, 2.24) is 9.97 Å². The minimum absolute atomic E-state index is 0.0147. The molecule has 2 rings (SSSR count). The van der Waals surface area contributed by atoms with Crippen LogP contribution in [0, 0.1) is 24.0 Å². The van der Waals surface area contributed by atoms with Crippen molar-refractivity contribution < 1.29 is 4.92 Å². The molecule has 21 heavy (non-hydrogen) atoms. The SMILES string of the molecule is Cc1ccc([N+](=O)[O-])cc1-c1nc(C)c(C(C)C)c(Cl)n1. The Balaban J connectivity index is 2.62. The molecule has 0 unspecified atom stereocenters. The summed E-state index contributed by atoms with van der Waals surface area (Å²) in [6.07, 6.45) is 0. The van der Waals surface area contributed by atoms with E-state index in [4.69, 9.17) is 11.6 Å². The molecule has 0 radical (unpaired) electrons. The van der Waals surface area contributed by atoms with Crippen molar-refractivity contribution in [2.24, 2.45) is 0 Å². The van der Waals surface area contributed by atoms with Crippen LogP contribution in [0.15, 0.2) is 18.2 Å². The summed E-state index contributed by atoms with van der Waals surface area (Å²) in [6.45, 7) is 7.78. The Morgan fingerprint density at radius 1 is 1.24 bits per heavy atom. The van der Waals surface area contributed by atoms with E-state index in [0.29, 0.717) is 16.5 Å². The average molecular weight is 306 g/mol. The zero-order valence-electron chi connectivity index (χ0n) is 12.3. The average Bonchev–Trinajstić information content (AvgIpc) is 2.37.